The molecule has 0 aliphatic carbocycles. The quantitative estimate of drug-likeness (QED) is 0.261. The molecule has 0 aromatic heterocycles. The Bertz CT molecular complexity index is 503. The van der Waals surface area contributed by atoms with E-state index in [1.165, 1.54) is 0 Å². The van der Waals surface area contributed by atoms with Gasteiger partial charge in [0.1, 0.15) is 0 Å². The third kappa shape index (κ3) is 4.77. The van der Waals surface area contributed by atoms with Crippen LogP contribution in [0.25, 0.3) is 0 Å². The molecule has 0 unspecified atom stereocenters. The van der Waals surface area contributed by atoms with E-state index >= 15 is 12.3 Å². The topological polar surface area (TPSA) is 0 Å². The maximum atomic E-state index is 16.1. The van der Waals surface area contributed by atoms with Crippen LogP contribution >= 0.6 is 0 Å². The Hall–Kier alpha value is 0.658. The SMILES string of the molecule is CC(C)(C)[Si]([Si]([Si](F)(F)F)[Si](C(C)(C)C)(C(C)(C)C)C(C)(C)C)(C(C)(C)C)C(C)(C)C. The van der Waals surface area contributed by atoms with Gasteiger partial charge < -0.3 is 0 Å². The molecule has 7 heteroatoms. The van der Waals surface area contributed by atoms with Gasteiger partial charge >= 0.3 is 8.59 Å². The molecule has 0 atom stereocenters. The van der Waals surface area contributed by atoms with E-state index in [0.717, 1.165) is 0 Å². The maximum absolute atomic E-state index is 16.1. The van der Waals surface area contributed by atoms with Gasteiger partial charge in [-0.3, -0.25) is 0 Å². The Balaban J connectivity index is 8.55. The highest BCUT2D eigenvalue weighted by molar-refractivity contribution is 7.81. The van der Waals surface area contributed by atoms with Gasteiger partial charge in [0.15, 0.2) is 7.35 Å². The molecule has 0 amide bonds. The van der Waals surface area contributed by atoms with Gasteiger partial charge in [0.05, 0.1) is 15.2 Å². The molecule has 0 fully saturated rings. The zero-order valence-corrected chi connectivity index (χ0v) is 28.1. The van der Waals surface area contributed by atoms with Crippen molar-refractivity contribution in [1.29, 1.82) is 0 Å². The smallest absolute Gasteiger partial charge is 0.242 e. The zero-order valence-electron chi connectivity index (χ0n) is 24.1. The van der Waals surface area contributed by atoms with Crippen LogP contribution in [0.4, 0.5) is 12.3 Å². The summed E-state index contributed by atoms with van der Waals surface area (Å²) in [6, 6.07) is 0. The molecule has 0 aromatic carbocycles. The van der Waals surface area contributed by atoms with E-state index < -0.39 is 31.1 Å². The molecule has 0 heterocycles. The van der Waals surface area contributed by atoms with Crippen LogP contribution in [0.1, 0.15) is 125 Å². The highest BCUT2D eigenvalue weighted by Crippen LogP contribution is 2.72. The van der Waals surface area contributed by atoms with Gasteiger partial charge in [-0.15, -0.1) is 0 Å². The molecular formula is C24H54F3Si4. The molecule has 0 aliphatic rings. The molecule has 0 saturated carbocycles. The van der Waals surface area contributed by atoms with Gasteiger partial charge in [0.25, 0.3) is 0 Å². The number of rotatable bonds is 3. The van der Waals surface area contributed by atoms with Crippen LogP contribution < -0.4 is 0 Å². The molecule has 0 aromatic rings. The fourth-order valence-corrected chi connectivity index (χ4v) is 100. The highest BCUT2D eigenvalue weighted by Gasteiger charge is 2.82. The Morgan fingerprint density at radius 1 is 0.355 bits per heavy atom. The summed E-state index contributed by atoms with van der Waals surface area (Å²) >= 11 is 0. The van der Waals surface area contributed by atoms with Crippen molar-refractivity contribution in [2.24, 2.45) is 0 Å². The second kappa shape index (κ2) is 8.11. The summed E-state index contributed by atoms with van der Waals surface area (Å²) in [5.74, 6) is 0. The zero-order chi connectivity index (χ0) is 26.1. The minimum Gasteiger partial charge on any atom is -0.242 e. The van der Waals surface area contributed by atoms with Crippen molar-refractivity contribution in [1.82, 2.24) is 0 Å². The lowest BCUT2D eigenvalue weighted by Gasteiger charge is -2.71. The molecule has 0 N–H and O–H groups in total. The summed E-state index contributed by atoms with van der Waals surface area (Å²) in [4.78, 5) is 0. The lowest BCUT2D eigenvalue weighted by Crippen LogP contribution is -2.88. The van der Waals surface area contributed by atoms with E-state index in [1.54, 1.807) is 0 Å². The standard InChI is InChI=1S/C24H54F3Si4/c1-19(2,3)29(20(4,5)6,21(7,8)9)28(31(25,26)27)30(22(10,11)12,23(13,14)15)24(16,17)18/h1-18H3. The summed E-state index contributed by atoms with van der Waals surface area (Å²) in [5, 5.41) is -2.08. The third-order valence-corrected chi connectivity index (χ3v) is 61.7. The first-order valence-electron chi connectivity index (χ1n) is 11.8. The largest absolute Gasteiger partial charge is 0.573 e. The lowest BCUT2D eigenvalue weighted by molar-refractivity contribution is 0.501. The van der Waals surface area contributed by atoms with Crippen LogP contribution in [-0.4, -0.2) is 31.1 Å². The molecule has 0 nitrogen and oxygen atoms in total. The Morgan fingerprint density at radius 2 is 0.484 bits per heavy atom. The third-order valence-electron chi connectivity index (χ3n) is 7.78. The molecule has 0 saturated heterocycles. The van der Waals surface area contributed by atoms with Crippen LogP contribution in [-0.2, 0) is 0 Å². The van der Waals surface area contributed by atoms with Gasteiger partial charge in [0, 0.05) is 0 Å². The second-order valence-electron chi connectivity index (χ2n) is 15.9. The average Bonchev–Trinajstić information content (AvgIpc) is 2.25. The van der Waals surface area contributed by atoms with E-state index in [0.29, 0.717) is 0 Å². The predicted octanol–water partition coefficient (Wildman–Crippen LogP) is 10.3. The Morgan fingerprint density at radius 3 is 0.548 bits per heavy atom. The number of hydrogen-bond donors (Lipinski definition) is 0. The van der Waals surface area contributed by atoms with E-state index in [4.69, 9.17) is 0 Å². The van der Waals surface area contributed by atoms with E-state index in [9.17, 15) is 0 Å². The summed E-state index contributed by atoms with van der Waals surface area (Å²) in [6.07, 6.45) is 0. The normalized spacial score (nSPS) is 16.8. The Kier molecular flexibility index (Phi) is 8.28. The fraction of sp³-hybridized carbons (Fsp3) is 1.00. The summed E-state index contributed by atoms with van der Waals surface area (Å²) in [5.41, 5.74) is 0. The summed E-state index contributed by atoms with van der Waals surface area (Å²) < 4.78 is 48.4. The van der Waals surface area contributed by atoms with Gasteiger partial charge in [0.2, 0.25) is 0 Å². The highest BCUT2D eigenvalue weighted by atomic mass is 29.9. The number of halogens is 3. The minimum atomic E-state index is -5.99. The number of hydrogen-bond acceptors (Lipinski definition) is 0. The van der Waals surface area contributed by atoms with Crippen molar-refractivity contribution in [2.75, 3.05) is 0 Å². The maximum Gasteiger partial charge on any atom is 0.573 e. The molecule has 0 spiro atoms. The first-order chi connectivity index (χ1) is 12.9. The van der Waals surface area contributed by atoms with Crippen molar-refractivity contribution >= 4 is 31.1 Å². The van der Waals surface area contributed by atoms with E-state index in [-0.39, 0.29) is 30.2 Å². The first-order valence-corrected chi connectivity index (χ1v) is 22.0. The van der Waals surface area contributed by atoms with Gasteiger partial charge in [-0.1, -0.05) is 125 Å². The Labute approximate surface area is 198 Å². The van der Waals surface area contributed by atoms with Crippen molar-refractivity contribution in [2.45, 2.75) is 155 Å². The van der Waals surface area contributed by atoms with Crippen LogP contribution in [0.5, 0.6) is 0 Å². The minimum absolute atomic E-state index is 0.347. The molecule has 31 heavy (non-hydrogen) atoms. The van der Waals surface area contributed by atoms with E-state index in [2.05, 4.69) is 125 Å². The molecule has 0 bridgehead atoms. The predicted molar refractivity (Wildman–Crippen MR) is 145 cm³/mol. The lowest BCUT2D eigenvalue weighted by atomic mass is 10.2. The van der Waals surface area contributed by atoms with Crippen molar-refractivity contribution in [3.63, 3.8) is 0 Å². The van der Waals surface area contributed by atoms with Crippen LogP contribution in [0.15, 0.2) is 0 Å². The van der Waals surface area contributed by atoms with Crippen LogP contribution in [0, 0.1) is 0 Å². The van der Waals surface area contributed by atoms with Crippen LogP contribution in [0.2, 0.25) is 30.2 Å². The molecular weight excluding hydrogens is 458 g/mol. The molecule has 187 valence electrons. The molecule has 0 rings (SSSR count). The van der Waals surface area contributed by atoms with Crippen LogP contribution in [0.3, 0.4) is 0 Å². The first kappa shape index (κ1) is 31.7. The summed E-state index contributed by atoms with van der Waals surface area (Å²) in [7, 11) is -14.7. The molecule has 0 aliphatic heterocycles. The summed E-state index contributed by atoms with van der Waals surface area (Å²) in [6.45, 7) is 38.9. The van der Waals surface area contributed by atoms with Gasteiger partial charge in [-0.25, -0.2) is 12.3 Å². The van der Waals surface area contributed by atoms with Crippen molar-refractivity contribution in [3.05, 3.63) is 0 Å². The fourth-order valence-electron chi connectivity index (χ4n) is 9.71. The van der Waals surface area contributed by atoms with Crippen molar-refractivity contribution in [3.8, 4) is 0 Å². The van der Waals surface area contributed by atoms with Crippen molar-refractivity contribution < 1.29 is 12.3 Å². The van der Waals surface area contributed by atoms with Gasteiger partial charge in [-0.05, 0) is 30.2 Å². The monoisotopic (exact) mass is 511 g/mol. The van der Waals surface area contributed by atoms with E-state index in [1.807, 2.05) is 0 Å². The van der Waals surface area contributed by atoms with Gasteiger partial charge in [-0.2, -0.15) is 0 Å². The second-order valence-corrected chi connectivity index (χ2v) is 44.8. The molecule has 1 radical (unpaired) electrons. The average molecular weight is 512 g/mol.